The van der Waals surface area contributed by atoms with E-state index in [0.717, 1.165) is 25.9 Å². The van der Waals surface area contributed by atoms with Gasteiger partial charge in [-0.15, -0.1) is 0 Å². The third-order valence-electron chi connectivity index (χ3n) is 4.28. The molecule has 0 radical (unpaired) electrons. The minimum atomic E-state index is -0.729. The zero-order chi connectivity index (χ0) is 15.4. The lowest BCUT2D eigenvalue weighted by molar-refractivity contribution is -0.137. The average molecular weight is 302 g/mol. The first-order valence-electron chi connectivity index (χ1n) is 8.08. The standard InChI is InChI=1S/C17H22N2O3/c20-16(19-10-6-2-1-3-7-11-19)12-15-17(21)18-13-8-4-5-9-14(13)22-15/h4-5,8-9,15H,1-3,6-7,10-12H2,(H,18,21). The zero-order valence-electron chi connectivity index (χ0n) is 12.7. The van der Waals surface area contributed by atoms with Gasteiger partial charge in [0.15, 0.2) is 6.10 Å². The first-order valence-corrected chi connectivity index (χ1v) is 8.08. The van der Waals surface area contributed by atoms with Crippen LogP contribution in [0.2, 0.25) is 0 Å². The number of carbonyl (C=O) groups excluding carboxylic acids is 2. The molecule has 1 aromatic rings. The van der Waals surface area contributed by atoms with Crippen LogP contribution in [0.25, 0.3) is 0 Å². The number of benzene rings is 1. The predicted molar refractivity (Wildman–Crippen MR) is 83.8 cm³/mol. The highest BCUT2D eigenvalue weighted by Gasteiger charge is 2.31. The van der Waals surface area contributed by atoms with E-state index in [2.05, 4.69) is 5.32 Å². The second-order valence-electron chi connectivity index (χ2n) is 5.94. The molecule has 3 rings (SSSR count). The van der Waals surface area contributed by atoms with Gasteiger partial charge in [-0.2, -0.15) is 0 Å². The van der Waals surface area contributed by atoms with Crippen LogP contribution in [0.1, 0.15) is 38.5 Å². The van der Waals surface area contributed by atoms with Gasteiger partial charge in [0.05, 0.1) is 12.1 Å². The van der Waals surface area contributed by atoms with Gasteiger partial charge in [0.25, 0.3) is 5.91 Å². The molecule has 5 heteroatoms. The lowest BCUT2D eigenvalue weighted by Crippen LogP contribution is -2.43. The Bertz CT molecular complexity index is 551. The van der Waals surface area contributed by atoms with E-state index in [1.54, 1.807) is 6.07 Å². The van der Waals surface area contributed by atoms with E-state index in [1.165, 1.54) is 19.3 Å². The molecule has 1 fully saturated rings. The number of rotatable bonds is 2. The third kappa shape index (κ3) is 3.40. The largest absolute Gasteiger partial charge is 0.478 e. The summed E-state index contributed by atoms with van der Waals surface area (Å²) in [6.07, 6.45) is 5.09. The Morgan fingerprint density at radius 1 is 1.14 bits per heavy atom. The number of likely N-dealkylation sites (tertiary alicyclic amines) is 1. The van der Waals surface area contributed by atoms with Gasteiger partial charge in [-0.3, -0.25) is 9.59 Å². The highest BCUT2D eigenvalue weighted by atomic mass is 16.5. The second kappa shape index (κ2) is 6.81. The summed E-state index contributed by atoms with van der Waals surface area (Å²) < 4.78 is 5.70. The molecule has 0 aromatic heterocycles. The first-order chi connectivity index (χ1) is 10.7. The maximum Gasteiger partial charge on any atom is 0.266 e. The molecule has 5 nitrogen and oxygen atoms in total. The summed E-state index contributed by atoms with van der Waals surface area (Å²) in [6, 6.07) is 7.30. The van der Waals surface area contributed by atoms with E-state index in [1.807, 2.05) is 23.1 Å². The SMILES string of the molecule is O=C1Nc2ccccc2OC1CC(=O)N1CCCCCCC1. The van der Waals surface area contributed by atoms with Crippen molar-refractivity contribution in [1.82, 2.24) is 4.90 Å². The Balaban J connectivity index is 1.62. The summed E-state index contributed by atoms with van der Waals surface area (Å²) in [7, 11) is 0. The summed E-state index contributed by atoms with van der Waals surface area (Å²) in [5.74, 6) is 0.410. The number of carbonyl (C=O) groups is 2. The van der Waals surface area contributed by atoms with Gasteiger partial charge in [0.1, 0.15) is 5.75 Å². The molecule has 0 bridgehead atoms. The number of hydrogen-bond donors (Lipinski definition) is 1. The summed E-state index contributed by atoms with van der Waals surface area (Å²) in [4.78, 5) is 26.4. The van der Waals surface area contributed by atoms with Crippen molar-refractivity contribution in [3.05, 3.63) is 24.3 Å². The van der Waals surface area contributed by atoms with Crippen molar-refractivity contribution >= 4 is 17.5 Å². The molecule has 0 spiro atoms. The van der Waals surface area contributed by atoms with Crippen molar-refractivity contribution in [3.63, 3.8) is 0 Å². The van der Waals surface area contributed by atoms with Crippen molar-refractivity contribution < 1.29 is 14.3 Å². The molecule has 118 valence electrons. The molecule has 1 saturated heterocycles. The van der Waals surface area contributed by atoms with Crippen molar-refractivity contribution in [2.75, 3.05) is 18.4 Å². The normalized spacial score (nSPS) is 21.9. The summed E-state index contributed by atoms with van der Waals surface area (Å²) in [5.41, 5.74) is 0.669. The predicted octanol–water partition coefficient (Wildman–Crippen LogP) is 2.57. The minimum Gasteiger partial charge on any atom is -0.478 e. The lowest BCUT2D eigenvalue weighted by Gasteiger charge is -2.29. The van der Waals surface area contributed by atoms with Gasteiger partial charge in [-0.1, -0.05) is 31.4 Å². The van der Waals surface area contributed by atoms with E-state index in [9.17, 15) is 9.59 Å². The molecule has 2 amide bonds. The molecule has 1 N–H and O–H groups in total. The number of amides is 2. The number of ether oxygens (including phenoxy) is 1. The number of fused-ring (bicyclic) bond motifs is 1. The lowest BCUT2D eigenvalue weighted by atomic mass is 10.1. The molecule has 2 aliphatic heterocycles. The Hall–Kier alpha value is -2.04. The van der Waals surface area contributed by atoms with E-state index in [0.29, 0.717) is 11.4 Å². The zero-order valence-corrected chi connectivity index (χ0v) is 12.7. The first kappa shape index (κ1) is 14.9. The highest BCUT2D eigenvalue weighted by Crippen LogP contribution is 2.29. The molecular weight excluding hydrogens is 280 g/mol. The molecule has 0 aliphatic carbocycles. The van der Waals surface area contributed by atoms with E-state index < -0.39 is 6.10 Å². The number of anilines is 1. The van der Waals surface area contributed by atoms with Crippen LogP contribution in [-0.2, 0) is 9.59 Å². The molecule has 1 atom stereocenters. The Morgan fingerprint density at radius 3 is 2.59 bits per heavy atom. The maximum absolute atomic E-state index is 12.5. The van der Waals surface area contributed by atoms with Crippen LogP contribution in [0.15, 0.2) is 24.3 Å². The number of hydrogen-bond acceptors (Lipinski definition) is 3. The van der Waals surface area contributed by atoms with Gasteiger partial charge in [0.2, 0.25) is 5.91 Å². The van der Waals surface area contributed by atoms with E-state index in [4.69, 9.17) is 4.74 Å². The Kier molecular flexibility index (Phi) is 4.61. The number of para-hydroxylation sites is 2. The maximum atomic E-state index is 12.5. The van der Waals surface area contributed by atoms with Crippen molar-refractivity contribution in [1.29, 1.82) is 0 Å². The molecular formula is C17H22N2O3. The molecule has 22 heavy (non-hydrogen) atoms. The van der Waals surface area contributed by atoms with Crippen LogP contribution in [0.4, 0.5) is 5.69 Å². The van der Waals surface area contributed by atoms with Crippen molar-refractivity contribution in [2.24, 2.45) is 0 Å². The topological polar surface area (TPSA) is 58.6 Å². The summed E-state index contributed by atoms with van der Waals surface area (Å²) >= 11 is 0. The number of nitrogens with one attached hydrogen (secondary N) is 1. The quantitative estimate of drug-likeness (QED) is 0.913. The Labute approximate surface area is 130 Å². The Morgan fingerprint density at radius 2 is 1.82 bits per heavy atom. The van der Waals surface area contributed by atoms with Gasteiger partial charge in [0, 0.05) is 13.1 Å². The molecule has 1 unspecified atom stereocenters. The molecule has 0 saturated carbocycles. The van der Waals surface area contributed by atoms with Crippen molar-refractivity contribution in [2.45, 2.75) is 44.6 Å². The summed E-state index contributed by atoms with van der Waals surface area (Å²) in [5, 5.41) is 2.81. The van der Waals surface area contributed by atoms with Crippen LogP contribution in [0, 0.1) is 0 Å². The fraction of sp³-hybridized carbons (Fsp3) is 0.529. The van der Waals surface area contributed by atoms with Crippen LogP contribution in [-0.4, -0.2) is 35.9 Å². The fourth-order valence-electron chi connectivity index (χ4n) is 3.01. The van der Waals surface area contributed by atoms with Gasteiger partial charge < -0.3 is 15.0 Å². The average Bonchev–Trinajstić information content (AvgIpc) is 2.47. The molecule has 1 aromatic carbocycles. The third-order valence-corrected chi connectivity index (χ3v) is 4.28. The van der Waals surface area contributed by atoms with Crippen LogP contribution in [0.5, 0.6) is 5.75 Å². The second-order valence-corrected chi connectivity index (χ2v) is 5.94. The highest BCUT2D eigenvalue weighted by molar-refractivity contribution is 5.99. The van der Waals surface area contributed by atoms with Crippen LogP contribution >= 0.6 is 0 Å². The van der Waals surface area contributed by atoms with Gasteiger partial charge in [-0.25, -0.2) is 0 Å². The van der Waals surface area contributed by atoms with Crippen molar-refractivity contribution in [3.8, 4) is 5.75 Å². The molecule has 2 heterocycles. The monoisotopic (exact) mass is 302 g/mol. The molecule has 2 aliphatic rings. The fourth-order valence-corrected chi connectivity index (χ4v) is 3.01. The van der Waals surface area contributed by atoms with Crippen LogP contribution < -0.4 is 10.1 Å². The van der Waals surface area contributed by atoms with E-state index in [-0.39, 0.29) is 18.2 Å². The van der Waals surface area contributed by atoms with E-state index >= 15 is 0 Å². The van der Waals surface area contributed by atoms with Crippen LogP contribution in [0.3, 0.4) is 0 Å². The van der Waals surface area contributed by atoms with Gasteiger partial charge in [-0.05, 0) is 25.0 Å². The smallest absolute Gasteiger partial charge is 0.266 e. The van der Waals surface area contributed by atoms with Gasteiger partial charge >= 0.3 is 0 Å². The number of nitrogens with zero attached hydrogens (tertiary/aromatic N) is 1. The summed E-state index contributed by atoms with van der Waals surface area (Å²) in [6.45, 7) is 1.59. The minimum absolute atomic E-state index is 0.0152.